The van der Waals surface area contributed by atoms with E-state index in [2.05, 4.69) is 33.9 Å². The van der Waals surface area contributed by atoms with Crippen molar-refractivity contribution in [2.45, 2.75) is 45.3 Å². The zero-order valence-electron chi connectivity index (χ0n) is 15.1. The fourth-order valence-electron chi connectivity index (χ4n) is 3.24. The molecule has 0 spiro atoms. The van der Waals surface area contributed by atoms with Crippen LogP contribution in [0.25, 0.3) is 0 Å². The molecule has 1 aliphatic heterocycles. The highest BCUT2D eigenvalue weighted by Crippen LogP contribution is 2.26. The van der Waals surface area contributed by atoms with Crippen LogP contribution in [0.5, 0.6) is 0 Å². The van der Waals surface area contributed by atoms with E-state index >= 15 is 0 Å². The van der Waals surface area contributed by atoms with E-state index < -0.39 is 5.60 Å². The van der Waals surface area contributed by atoms with Crippen molar-refractivity contribution in [3.63, 3.8) is 0 Å². The molecule has 0 amide bonds. The predicted octanol–water partition coefficient (Wildman–Crippen LogP) is 2.90. The summed E-state index contributed by atoms with van der Waals surface area (Å²) in [5, 5.41) is 11.0. The lowest BCUT2D eigenvalue weighted by atomic mass is 9.93. The van der Waals surface area contributed by atoms with Gasteiger partial charge in [-0.15, -0.1) is 0 Å². The molecule has 1 aromatic carbocycles. The first-order valence-electron chi connectivity index (χ1n) is 9.01. The van der Waals surface area contributed by atoms with Crippen LogP contribution < -0.4 is 4.90 Å². The maximum Gasteiger partial charge on any atom is 0.132 e. The molecule has 2 aromatic rings. The predicted molar refractivity (Wildman–Crippen MR) is 98.6 cm³/mol. The second-order valence-corrected chi connectivity index (χ2v) is 6.80. The molecule has 2 heterocycles. The smallest absolute Gasteiger partial charge is 0.132 e. The van der Waals surface area contributed by atoms with E-state index in [1.807, 2.05) is 31.2 Å². The molecule has 5 nitrogen and oxygen atoms in total. The van der Waals surface area contributed by atoms with Gasteiger partial charge in [0.1, 0.15) is 11.6 Å². The highest BCUT2D eigenvalue weighted by atomic mass is 16.5. The number of nitrogens with zero attached hydrogens (tertiary/aromatic N) is 3. The number of aliphatic hydroxyl groups is 1. The van der Waals surface area contributed by atoms with Gasteiger partial charge in [0, 0.05) is 50.9 Å². The molecule has 0 radical (unpaired) electrons. The highest BCUT2D eigenvalue weighted by Gasteiger charge is 2.32. The molecule has 3 rings (SSSR count). The Hall–Kier alpha value is -1.98. The standard InChI is InChI=1S/C20H27N3O2/c1-3-18-13-19(22-16(2)21-18)23(14-17-7-5-4-6-8-17)15-20(24)9-11-25-12-10-20/h4-8,13,24H,3,9-12,14-15H2,1-2H3. The Morgan fingerprint density at radius 3 is 2.56 bits per heavy atom. The lowest BCUT2D eigenvalue weighted by molar-refractivity contribution is -0.0580. The van der Waals surface area contributed by atoms with Gasteiger partial charge in [-0.2, -0.15) is 0 Å². The van der Waals surface area contributed by atoms with Gasteiger partial charge in [0.05, 0.1) is 5.60 Å². The second kappa shape index (κ2) is 7.93. The Balaban J connectivity index is 1.89. The third kappa shape index (κ3) is 4.77. The van der Waals surface area contributed by atoms with Crippen molar-refractivity contribution in [1.82, 2.24) is 9.97 Å². The summed E-state index contributed by atoms with van der Waals surface area (Å²) < 4.78 is 5.42. The normalized spacial score (nSPS) is 16.6. The summed E-state index contributed by atoms with van der Waals surface area (Å²) in [6.07, 6.45) is 2.18. The maximum atomic E-state index is 11.0. The lowest BCUT2D eigenvalue weighted by Crippen LogP contribution is -2.47. The van der Waals surface area contributed by atoms with E-state index in [1.165, 1.54) is 5.56 Å². The van der Waals surface area contributed by atoms with Crippen LogP contribution in [0.1, 0.15) is 36.8 Å². The van der Waals surface area contributed by atoms with Gasteiger partial charge >= 0.3 is 0 Å². The minimum Gasteiger partial charge on any atom is -0.388 e. The van der Waals surface area contributed by atoms with Crippen LogP contribution in [-0.2, 0) is 17.7 Å². The van der Waals surface area contributed by atoms with Crippen molar-refractivity contribution in [1.29, 1.82) is 0 Å². The van der Waals surface area contributed by atoms with Crippen LogP contribution in [0.4, 0.5) is 5.82 Å². The molecule has 134 valence electrons. The summed E-state index contributed by atoms with van der Waals surface area (Å²) in [4.78, 5) is 11.3. The largest absolute Gasteiger partial charge is 0.388 e. The molecule has 0 aliphatic carbocycles. The number of hydrogen-bond donors (Lipinski definition) is 1. The fraction of sp³-hybridized carbons (Fsp3) is 0.500. The van der Waals surface area contributed by atoms with E-state index in [-0.39, 0.29) is 0 Å². The van der Waals surface area contributed by atoms with Crippen LogP contribution in [0, 0.1) is 6.92 Å². The molecule has 1 saturated heterocycles. The van der Waals surface area contributed by atoms with Crippen molar-refractivity contribution in [3.8, 4) is 0 Å². The number of anilines is 1. The molecule has 25 heavy (non-hydrogen) atoms. The Kier molecular flexibility index (Phi) is 5.66. The summed E-state index contributed by atoms with van der Waals surface area (Å²) >= 11 is 0. The molecule has 1 aromatic heterocycles. The molecule has 0 saturated carbocycles. The van der Waals surface area contributed by atoms with Crippen LogP contribution in [0.15, 0.2) is 36.4 Å². The number of benzene rings is 1. The van der Waals surface area contributed by atoms with Crippen LogP contribution >= 0.6 is 0 Å². The monoisotopic (exact) mass is 341 g/mol. The molecule has 0 bridgehead atoms. The Labute approximate surface area is 149 Å². The van der Waals surface area contributed by atoms with Gasteiger partial charge in [0.25, 0.3) is 0 Å². The van der Waals surface area contributed by atoms with E-state index in [0.29, 0.717) is 39.1 Å². The average molecular weight is 341 g/mol. The first kappa shape index (κ1) is 17.8. The zero-order chi connectivity index (χ0) is 17.7. The van der Waals surface area contributed by atoms with Crippen molar-refractivity contribution in [2.75, 3.05) is 24.7 Å². The maximum absolute atomic E-state index is 11.0. The molecular formula is C20H27N3O2. The molecule has 1 aliphatic rings. The van der Waals surface area contributed by atoms with E-state index in [0.717, 1.165) is 23.8 Å². The lowest BCUT2D eigenvalue weighted by Gasteiger charge is -2.37. The van der Waals surface area contributed by atoms with Gasteiger partial charge in [-0.05, 0) is 18.9 Å². The summed E-state index contributed by atoms with van der Waals surface area (Å²) in [7, 11) is 0. The SMILES string of the molecule is CCc1cc(N(Cc2ccccc2)CC2(O)CCOCC2)nc(C)n1. The van der Waals surface area contributed by atoms with Gasteiger partial charge in [-0.1, -0.05) is 37.3 Å². The second-order valence-electron chi connectivity index (χ2n) is 6.80. The molecule has 0 unspecified atom stereocenters. The van der Waals surface area contributed by atoms with Gasteiger partial charge in [-0.25, -0.2) is 9.97 Å². The van der Waals surface area contributed by atoms with Gasteiger partial charge in [-0.3, -0.25) is 0 Å². The Morgan fingerprint density at radius 2 is 1.88 bits per heavy atom. The average Bonchev–Trinajstić information content (AvgIpc) is 2.62. The first-order valence-corrected chi connectivity index (χ1v) is 9.01. The topological polar surface area (TPSA) is 58.5 Å². The third-order valence-electron chi connectivity index (χ3n) is 4.69. The third-order valence-corrected chi connectivity index (χ3v) is 4.69. The quantitative estimate of drug-likeness (QED) is 0.875. The van der Waals surface area contributed by atoms with E-state index in [1.54, 1.807) is 0 Å². The fourth-order valence-corrected chi connectivity index (χ4v) is 3.24. The molecular weight excluding hydrogens is 314 g/mol. The Morgan fingerprint density at radius 1 is 1.16 bits per heavy atom. The minimum absolute atomic E-state index is 0.546. The summed E-state index contributed by atoms with van der Waals surface area (Å²) in [5.41, 5.74) is 1.49. The number of aryl methyl sites for hydroxylation is 2. The number of ether oxygens (including phenoxy) is 1. The Bertz CT molecular complexity index is 685. The van der Waals surface area contributed by atoms with Crippen molar-refractivity contribution in [2.24, 2.45) is 0 Å². The molecule has 1 N–H and O–H groups in total. The highest BCUT2D eigenvalue weighted by molar-refractivity contribution is 5.42. The molecule has 5 heteroatoms. The number of hydrogen-bond acceptors (Lipinski definition) is 5. The minimum atomic E-state index is -0.738. The zero-order valence-corrected chi connectivity index (χ0v) is 15.1. The molecule has 0 atom stereocenters. The first-order chi connectivity index (χ1) is 12.1. The number of rotatable bonds is 6. The van der Waals surface area contributed by atoms with Gasteiger partial charge < -0.3 is 14.7 Å². The molecule has 1 fully saturated rings. The van der Waals surface area contributed by atoms with Crippen molar-refractivity contribution < 1.29 is 9.84 Å². The summed E-state index contributed by atoms with van der Waals surface area (Å²) in [6.45, 7) is 6.50. The summed E-state index contributed by atoms with van der Waals surface area (Å²) in [5.74, 6) is 1.65. The van der Waals surface area contributed by atoms with Gasteiger partial charge in [0.15, 0.2) is 0 Å². The van der Waals surface area contributed by atoms with Crippen molar-refractivity contribution >= 4 is 5.82 Å². The van der Waals surface area contributed by atoms with E-state index in [4.69, 9.17) is 4.74 Å². The van der Waals surface area contributed by atoms with Gasteiger partial charge in [0.2, 0.25) is 0 Å². The van der Waals surface area contributed by atoms with E-state index in [9.17, 15) is 5.11 Å². The van der Waals surface area contributed by atoms with Crippen LogP contribution in [-0.4, -0.2) is 40.4 Å². The summed E-state index contributed by atoms with van der Waals surface area (Å²) in [6, 6.07) is 12.4. The van der Waals surface area contributed by atoms with Crippen LogP contribution in [0.3, 0.4) is 0 Å². The van der Waals surface area contributed by atoms with Crippen LogP contribution in [0.2, 0.25) is 0 Å². The number of aromatic nitrogens is 2. The van der Waals surface area contributed by atoms with Crippen molar-refractivity contribution in [3.05, 3.63) is 53.5 Å².